The largest absolute Gasteiger partial charge is 0.383 e. The van der Waals surface area contributed by atoms with E-state index in [1.165, 1.54) is 0 Å². The lowest BCUT2D eigenvalue weighted by Gasteiger charge is -1.99. The van der Waals surface area contributed by atoms with Crippen LogP contribution in [0.15, 0.2) is 0 Å². The number of amides is 1. The van der Waals surface area contributed by atoms with Crippen LogP contribution in [-0.4, -0.2) is 31.5 Å². The third-order valence-corrected chi connectivity index (χ3v) is 1.26. The van der Waals surface area contributed by atoms with Crippen molar-refractivity contribution in [1.29, 1.82) is 0 Å². The molecule has 0 saturated carbocycles. The van der Waals surface area contributed by atoms with Crippen LogP contribution in [0, 0.1) is 0 Å². The van der Waals surface area contributed by atoms with Crippen molar-refractivity contribution in [2.45, 2.75) is 0 Å². The van der Waals surface area contributed by atoms with Gasteiger partial charge in [0.2, 0.25) is 5.91 Å². The van der Waals surface area contributed by atoms with Gasteiger partial charge in [0.1, 0.15) is 0 Å². The van der Waals surface area contributed by atoms with Crippen LogP contribution in [0.4, 0.5) is 0 Å². The predicted octanol–water partition coefficient (Wildman–Crippen LogP) is 0.144. The van der Waals surface area contributed by atoms with Gasteiger partial charge < -0.3 is 10.1 Å². The molecule has 0 atom stereocenters. The molecule has 0 heterocycles. The Balaban J connectivity index is 2.97. The number of carbonyl (C=O) groups excluding carboxylic acids is 1. The normalized spacial score (nSPS) is 9.11. The molecule has 3 nitrogen and oxygen atoms in total. The van der Waals surface area contributed by atoms with Gasteiger partial charge in [0, 0.05) is 13.7 Å². The molecule has 0 unspecified atom stereocenters. The summed E-state index contributed by atoms with van der Waals surface area (Å²) in [6.07, 6.45) is 0. The van der Waals surface area contributed by atoms with Gasteiger partial charge in [0.15, 0.2) is 0 Å². The summed E-state index contributed by atoms with van der Waals surface area (Å²) in [4.78, 5) is 10.5. The zero-order valence-corrected chi connectivity index (χ0v) is 6.90. The summed E-state index contributed by atoms with van der Waals surface area (Å²) < 4.78 is 4.71. The maximum atomic E-state index is 10.5. The molecule has 0 rings (SSSR count). The van der Waals surface area contributed by atoms with Crippen LogP contribution in [0.5, 0.6) is 0 Å². The second-order valence-corrected chi connectivity index (χ2v) is 2.04. The fourth-order valence-electron chi connectivity index (χ4n) is 0.340. The Kier molecular flexibility index (Phi) is 5.98. The number of rotatable bonds is 4. The van der Waals surface area contributed by atoms with Crippen molar-refractivity contribution in [3.63, 3.8) is 0 Å². The maximum absolute atomic E-state index is 10.5. The fraction of sp³-hybridized carbons (Fsp3) is 0.800. The molecule has 0 aliphatic rings. The highest BCUT2D eigenvalue weighted by atomic mass is 79.9. The minimum Gasteiger partial charge on any atom is -0.383 e. The Hall–Kier alpha value is -0.0900. The van der Waals surface area contributed by atoms with Crippen LogP contribution in [0.2, 0.25) is 0 Å². The molecule has 0 fully saturated rings. The zero-order chi connectivity index (χ0) is 7.11. The predicted molar refractivity (Wildman–Crippen MR) is 38.7 cm³/mol. The van der Waals surface area contributed by atoms with Crippen LogP contribution in [-0.2, 0) is 9.53 Å². The molecule has 0 aliphatic heterocycles. The van der Waals surface area contributed by atoms with Gasteiger partial charge in [-0.2, -0.15) is 0 Å². The molecule has 0 spiro atoms. The number of hydrogen-bond acceptors (Lipinski definition) is 2. The highest BCUT2D eigenvalue weighted by molar-refractivity contribution is 9.09. The second kappa shape index (κ2) is 6.04. The molecule has 9 heavy (non-hydrogen) atoms. The summed E-state index contributed by atoms with van der Waals surface area (Å²) in [6, 6.07) is 0. The number of alkyl halides is 1. The van der Waals surface area contributed by atoms with Crippen molar-refractivity contribution in [3.05, 3.63) is 0 Å². The van der Waals surface area contributed by atoms with Crippen LogP contribution in [0.25, 0.3) is 0 Å². The van der Waals surface area contributed by atoms with E-state index in [1.54, 1.807) is 7.11 Å². The van der Waals surface area contributed by atoms with E-state index in [4.69, 9.17) is 4.74 Å². The summed E-state index contributed by atoms with van der Waals surface area (Å²) in [6.45, 7) is 1.15. The lowest BCUT2D eigenvalue weighted by Crippen LogP contribution is -2.27. The SMILES string of the molecule is COCCNC(=O)CBr. The number of methoxy groups -OCH3 is 1. The van der Waals surface area contributed by atoms with Crippen molar-refractivity contribution in [3.8, 4) is 0 Å². The molecular weight excluding hydrogens is 186 g/mol. The maximum Gasteiger partial charge on any atom is 0.230 e. The smallest absolute Gasteiger partial charge is 0.230 e. The van der Waals surface area contributed by atoms with E-state index in [1.807, 2.05) is 0 Å². The average Bonchev–Trinajstić information content (AvgIpc) is 1.89. The number of ether oxygens (including phenoxy) is 1. The van der Waals surface area contributed by atoms with E-state index in [9.17, 15) is 4.79 Å². The second-order valence-electron chi connectivity index (χ2n) is 1.48. The molecule has 0 saturated heterocycles. The van der Waals surface area contributed by atoms with E-state index in [-0.39, 0.29) is 5.91 Å². The highest BCUT2D eigenvalue weighted by Gasteiger charge is 1.93. The number of halogens is 1. The summed E-state index contributed by atoms with van der Waals surface area (Å²) >= 11 is 3.01. The molecule has 0 aromatic carbocycles. The van der Waals surface area contributed by atoms with E-state index >= 15 is 0 Å². The van der Waals surface area contributed by atoms with Crippen molar-refractivity contribution in [2.24, 2.45) is 0 Å². The first-order chi connectivity index (χ1) is 4.31. The van der Waals surface area contributed by atoms with Gasteiger partial charge in [-0.05, 0) is 0 Å². The molecule has 1 amide bonds. The van der Waals surface area contributed by atoms with Gasteiger partial charge in [0.05, 0.1) is 11.9 Å². The Morgan fingerprint density at radius 2 is 2.44 bits per heavy atom. The van der Waals surface area contributed by atoms with Gasteiger partial charge in [-0.25, -0.2) is 0 Å². The molecule has 1 N–H and O–H groups in total. The van der Waals surface area contributed by atoms with Gasteiger partial charge in [-0.3, -0.25) is 4.79 Å². The first kappa shape index (κ1) is 8.91. The van der Waals surface area contributed by atoms with Crippen molar-refractivity contribution >= 4 is 21.8 Å². The van der Waals surface area contributed by atoms with E-state index in [2.05, 4.69) is 21.2 Å². The molecule has 0 aliphatic carbocycles. The van der Waals surface area contributed by atoms with Crippen molar-refractivity contribution in [1.82, 2.24) is 5.32 Å². The quantitative estimate of drug-likeness (QED) is 0.513. The highest BCUT2D eigenvalue weighted by Crippen LogP contribution is 1.76. The number of nitrogens with one attached hydrogen (secondary N) is 1. The average molecular weight is 196 g/mol. The molecule has 4 heteroatoms. The zero-order valence-electron chi connectivity index (χ0n) is 5.32. The summed E-state index contributed by atoms with van der Waals surface area (Å²) in [5.41, 5.74) is 0. The van der Waals surface area contributed by atoms with E-state index < -0.39 is 0 Å². The third kappa shape index (κ3) is 5.79. The lowest BCUT2D eigenvalue weighted by atomic mass is 10.6. The van der Waals surface area contributed by atoms with Crippen LogP contribution in [0.1, 0.15) is 0 Å². The molecule has 0 radical (unpaired) electrons. The van der Waals surface area contributed by atoms with Crippen molar-refractivity contribution < 1.29 is 9.53 Å². The monoisotopic (exact) mass is 195 g/mol. The lowest BCUT2D eigenvalue weighted by molar-refractivity contribution is -0.118. The van der Waals surface area contributed by atoms with Gasteiger partial charge >= 0.3 is 0 Å². The Labute approximate surface area is 62.9 Å². The van der Waals surface area contributed by atoms with Crippen LogP contribution < -0.4 is 5.32 Å². The number of carbonyl (C=O) groups is 1. The van der Waals surface area contributed by atoms with Gasteiger partial charge in [0.25, 0.3) is 0 Å². The molecular formula is C5H10BrNO2. The molecule has 0 aromatic heterocycles. The molecule has 54 valence electrons. The Bertz CT molecular complexity index is 87.0. The minimum atomic E-state index is -0.00736. The Morgan fingerprint density at radius 1 is 1.78 bits per heavy atom. The molecule has 0 aromatic rings. The first-order valence-electron chi connectivity index (χ1n) is 2.63. The number of hydrogen-bond donors (Lipinski definition) is 1. The Morgan fingerprint density at radius 3 is 2.89 bits per heavy atom. The summed E-state index contributed by atoms with van der Waals surface area (Å²) in [5.74, 6) is -0.00736. The molecule has 0 bridgehead atoms. The first-order valence-corrected chi connectivity index (χ1v) is 3.75. The summed E-state index contributed by atoms with van der Waals surface area (Å²) in [7, 11) is 1.60. The summed E-state index contributed by atoms with van der Waals surface area (Å²) in [5, 5.41) is 2.98. The topological polar surface area (TPSA) is 38.3 Å². The van der Waals surface area contributed by atoms with E-state index in [0.29, 0.717) is 18.5 Å². The van der Waals surface area contributed by atoms with Crippen LogP contribution in [0.3, 0.4) is 0 Å². The van der Waals surface area contributed by atoms with Crippen molar-refractivity contribution in [2.75, 3.05) is 25.6 Å². The third-order valence-electron chi connectivity index (χ3n) is 0.750. The minimum absolute atomic E-state index is 0.00736. The van der Waals surface area contributed by atoms with E-state index in [0.717, 1.165) is 0 Å². The van der Waals surface area contributed by atoms with Gasteiger partial charge in [-0.1, -0.05) is 15.9 Å². The van der Waals surface area contributed by atoms with Crippen LogP contribution >= 0.6 is 15.9 Å². The standard InChI is InChI=1S/C5H10BrNO2/c1-9-3-2-7-5(8)4-6/h2-4H2,1H3,(H,7,8). The van der Waals surface area contributed by atoms with Gasteiger partial charge in [-0.15, -0.1) is 0 Å². The fourth-order valence-corrected chi connectivity index (χ4v) is 0.538.